The summed E-state index contributed by atoms with van der Waals surface area (Å²) in [6.07, 6.45) is 6.38. The number of benzene rings is 1. The standard InChI is InChI=1S/C18H22FNO/c1-2-5-18(6-8-20-9-7-18)17(21)15-10-13-3-4-16(19)12-14(13)11-15/h3-4,10,12,20H,2,5-9,11H2,1H3. The van der Waals surface area contributed by atoms with Crippen LogP contribution in [0, 0.1) is 11.2 Å². The van der Waals surface area contributed by atoms with E-state index >= 15 is 0 Å². The van der Waals surface area contributed by atoms with E-state index in [2.05, 4.69) is 12.2 Å². The van der Waals surface area contributed by atoms with Gasteiger partial charge in [0.1, 0.15) is 5.82 Å². The number of rotatable bonds is 4. The predicted octanol–water partition coefficient (Wildman–Crippen LogP) is 3.50. The Kier molecular flexibility index (Phi) is 3.94. The average molecular weight is 287 g/mol. The summed E-state index contributed by atoms with van der Waals surface area (Å²) in [5.41, 5.74) is 2.61. The zero-order chi connectivity index (χ0) is 14.9. The molecule has 1 heterocycles. The number of ketones is 1. The van der Waals surface area contributed by atoms with Crippen LogP contribution >= 0.6 is 0 Å². The van der Waals surface area contributed by atoms with Gasteiger partial charge in [0.05, 0.1) is 0 Å². The molecule has 1 aliphatic heterocycles. The number of nitrogens with one attached hydrogen (secondary N) is 1. The largest absolute Gasteiger partial charge is 0.317 e. The molecule has 0 atom stereocenters. The highest BCUT2D eigenvalue weighted by Gasteiger charge is 2.40. The van der Waals surface area contributed by atoms with Crippen molar-refractivity contribution in [3.63, 3.8) is 0 Å². The van der Waals surface area contributed by atoms with Gasteiger partial charge in [-0.05, 0) is 61.7 Å². The summed E-state index contributed by atoms with van der Waals surface area (Å²) in [5.74, 6) is 0.0726. The Balaban J connectivity index is 1.85. The van der Waals surface area contributed by atoms with Crippen LogP contribution in [0.4, 0.5) is 4.39 Å². The molecule has 1 aliphatic carbocycles. The number of hydrogen-bond acceptors (Lipinski definition) is 2. The summed E-state index contributed by atoms with van der Waals surface area (Å²) >= 11 is 0. The second-order valence-corrected chi connectivity index (χ2v) is 6.30. The van der Waals surface area contributed by atoms with Gasteiger partial charge in [-0.3, -0.25) is 4.79 Å². The maximum absolute atomic E-state index is 13.3. The van der Waals surface area contributed by atoms with E-state index in [0.29, 0.717) is 12.2 Å². The molecule has 1 aromatic carbocycles. The molecular formula is C18H22FNO. The lowest BCUT2D eigenvalue weighted by Gasteiger charge is -2.36. The zero-order valence-electron chi connectivity index (χ0n) is 12.5. The van der Waals surface area contributed by atoms with E-state index < -0.39 is 0 Å². The van der Waals surface area contributed by atoms with Gasteiger partial charge in [0.15, 0.2) is 5.78 Å². The van der Waals surface area contributed by atoms with E-state index in [1.807, 2.05) is 6.08 Å². The average Bonchev–Trinajstić information content (AvgIpc) is 2.90. The fraction of sp³-hybridized carbons (Fsp3) is 0.500. The van der Waals surface area contributed by atoms with Gasteiger partial charge < -0.3 is 5.32 Å². The molecule has 3 rings (SSSR count). The van der Waals surface area contributed by atoms with Crippen molar-refractivity contribution < 1.29 is 9.18 Å². The van der Waals surface area contributed by atoms with Gasteiger partial charge >= 0.3 is 0 Å². The van der Waals surface area contributed by atoms with Crippen LogP contribution in [0.25, 0.3) is 6.08 Å². The Morgan fingerprint density at radius 2 is 2.10 bits per heavy atom. The molecule has 1 N–H and O–H groups in total. The van der Waals surface area contributed by atoms with Crippen LogP contribution in [0.3, 0.4) is 0 Å². The molecule has 1 saturated heterocycles. The highest BCUT2D eigenvalue weighted by Crippen LogP contribution is 2.40. The Bertz CT molecular complexity index is 579. The van der Waals surface area contributed by atoms with Crippen molar-refractivity contribution >= 4 is 11.9 Å². The lowest BCUT2D eigenvalue weighted by Crippen LogP contribution is -2.42. The quantitative estimate of drug-likeness (QED) is 0.918. The van der Waals surface area contributed by atoms with Crippen molar-refractivity contribution in [1.82, 2.24) is 5.32 Å². The third kappa shape index (κ3) is 2.67. The van der Waals surface area contributed by atoms with Gasteiger partial charge in [-0.2, -0.15) is 0 Å². The van der Waals surface area contributed by atoms with Gasteiger partial charge in [0.2, 0.25) is 0 Å². The van der Waals surface area contributed by atoms with E-state index in [4.69, 9.17) is 0 Å². The third-order valence-electron chi connectivity index (χ3n) is 4.88. The molecule has 3 heteroatoms. The molecule has 2 aliphatic rings. The van der Waals surface area contributed by atoms with E-state index in [9.17, 15) is 9.18 Å². The predicted molar refractivity (Wildman–Crippen MR) is 82.5 cm³/mol. The van der Waals surface area contributed by atoms with Crippen LogP contribution in [0.15, 0.2) is 23.8 Å². The number of Topliss-reactive ketones (excluding diaryl/α,β-unsaturated/α-hetero) is 1. The molecule has 112 valence electrons. The summed E-state index contributed by atoms with van der Waals surface area (Å²) in [7, 11) is 0. The van der Waals surface area contributed by atoms with E-state index in [-0.39, 0.29) is 11.2 Å². The van der Waals surface area contributed by atoms with Crippen LogP contribution in [0.2, 0.25) is 0 Å². The summed E-state index contributed by atoms with van der Waals surface area (Å²) in [5, 5.41) is 3.35. The highest BCUT2D eigenvalue weighted by atomic mass is 19.1. The van der Waals surface area contributed by atoms with Crippen LogP contribution in [0.5, 0.6) is 0 Å². The van der Waals surface area contributed by atoms with Gasteiger partial charge in [0, 0.05) is 17.4 Å². The molecule has 21 heavy (non-hydrogen) atoms. The maximum atomic E-state index is 13.3. The molecule has 0 aromatic heterocycles. The second kappa shape index (κ2) is 5.72. The van der Waals surface area contributed by atoms with Crippen molar-refractivity contribution in [2.24, 2.45) is 5.41 Å². The number of fused-ring (bicyclic) bond motifs is 1. The van der Waals surface area contributed by atoms with Crippen molar-refractivity contribution in [3.8, 4) is 0 Å². The summed E-state index contributed by atoms with van der Waals surface area (Å²) in [4.78, 5) is 13.1. The SMILES string of the molecule is CCCC1(C(=O)C2=Cc3ccc(F)cc3C2)CCNCC1. The van der Waals surface area contributed by atoms with Crippen molar-refractivity contribution in [2.45, 2.75) is 39.0 Å². The fourth-order valence-electron chi connectivity index (χ4n) is 3.77. The monoisotopic (exact) mass is 287 g/mol. The molecule has 0 radical (unpaired) electrons. The van der Waals surface area contributed by atoms with Crippen LogP contribution in [0.1, 0.15) is 43.7 Å². The van der Waals surface area contributed by atoms with Gasteiger partial charge in [-0.1, -0.05) is 19.4 Å². The molecule has 1 fully saturated rings. The molecule has 0 saturated carbocycles. The maximum Gasteiger partial charge on any atom is 0.165 e. The zero-order valence-corrected chi connectivity index (χ0v) is 12.5. The Morgan fingerprint density at radius 3 is 2.81 bits per heavy atom. The van der Waals surface area contributed by atoms with Crippen molar-refractivity contribution in [2.75, 3.05) is 13.1 Å². The molecule has 0 spiro atoms. The molecule has 0 bridgehead atoms. The van der Waals surface area contributed by atoms with Gasteiger partial charge in [0.25, 0.3) is 0 Å². The second-order valence-electron chi connectivity index (χ2n) is 6.30. The van der Waals surface area contributed by atoms with Crippen LogP contribution < -0.4 is 5.32 Å². The number of hydrogen-bond donors (Lipinski definition) is 1. The van der Waals surface area contributed by atoms with Crippen molar-refractivity contribution in [1.29, 1.82) is 0 Å². The summed E-state index contributed by atoms with van der Waals surface area (Å²) in [6.45, 7) is 3.98. The Morgan fingerprint density at radius 1 is 1.33 bits per heavy atom. The molecule has 0 amide bonds. The minimum absolute atomic E-state index is 0.202. The summed E-state index contributed by atoms with van der Waals surface area (Å²) in [6, 6.07) is 4.80. The number of halogens is 1. The first-order valence-corrected chi connectivity index (χ1v) is 7.89. The lowest BCUT2D eigenvalue weighted by atomic mass is 9.70. The first-order chi connectivity index (χ1) is 10.1. The molecule has 2 nitrogen and oxygen atoms in total. The number of carbonyl (C=O) groups excluding carboxylic acids is 1. The van der Waals surface area contributed by atoms with E-state index in [1.54, 1.807) is 12.1 Å². The number of allylic oxidation sites excluding steroid dienone is 1. The van der Waals surface area contributed by atoms with E-state index in [0.717, 1.165) is 55.5 Å². The highest BCUT2D eigenvalue weighted by molar-refractivity contribution is 6.05. The minimum Gasteiger partial charge on any atom is -0.317 e. The third-order valence-corrected chi connectivity index (χ3v) is 4.88. The normalized spacial score (nSPS) is 20.0. The minimum atomic E-state index is -0.221. The topological polar surface area (TPSA) is 29.1 Å². The Hall–Kier alpha value is -1.48. The Labute approximate surface area is 125 Å². The van der Waals surface area contributed by atoms with Crippen LogP contribution in [-0.4, -0.2) is 18.9 Å². The van der Waals surface area contributed by atoms with Gasteiger partial charge in [-0.25, -0.2) is 4.39 Å². The van der Waals surface area contributed by atoms with Crippen LogP contribution in [-0.2, 0) is 11.2 Å². The summed E-state index contributed by atoms with van der Waals surface area (Å²) < 4.78 is 13.3. The molecule has 0 unspecified atom stereocenters. The van der Waals surface area contributed by atoms with Gasteiger partial charge in [-0.15, -0.1) is 0 Å². The number of piperidine rings is 1. The molecular weight excluding hydrogens is 265 g/mol. The number of carbonyl (C=O) groups is 1. The first kappa shape index (κ1) is 14.5. The first-order valence-electron chi connectivity index (χ1n) is 7.89. The van der Waals surface area contributed by atoms with Crippen molar-refractivity contribution in [3.05, 3.63) is 40.7 Å². The molecule has 1 aromatic rings. The smallest absolute Gasteiger partial charge is 0.165 e. The fourth-order valence-corrected chi connectivity index (χ4v) is 3.77. The van der Waals surface area contributed by atoms with E-state index in [1.165, 1.54) is 6.07 Å². The lowest BCUT2D eigenvalue weighted by molar-refractivity contribution is -0.126.